The Kier molecular flexibility index (Phi) is 2.52. The van der Waals surface area contributed by atoms with Gasteiger partial charge in [0.1, 0.15) is 5.54 Å². The summed E-state index contributed by atoms with van der Waals surface area (Å²) >= 11 is 0. The fourth-order valence-electron chi connectivity index (χ4n) is 1.93. The van der Waals surface area contributed by atoms with Gasteiger partial charge in [0, 0.05) is 5.56 Å². The Labute approximate surface area is 93.0 Å². The largest absolute Gasteiger partial charge is 0.493 e. The van der Waals surface area contributed by atoms with Crippen molar-refractivity contribution in [1.82, 2.24) is 0 Å². The summed E-state index contributed by atoms with van der Waals surface area (Å²) in [7, 11) is 1.41. The van der Waals surface area contributed by atoms with Crippen molar-refractivity contribution >= 4 is 6.08 Å². The molecule has 3 nitrogen and oxygen atoms in total. The summed E-state index contributed by atoms with van der Waals surface area (Å²) in [5.41, 5.74) is 0.844. The van der Waals surface area contributed by atoms with Crippen molar-refractivity contribution < 1.29 is 13.9 Å². The highest BCUT2D eigenvalue weighted by atomic mass is 19.1. The van der Waals surface area contributed by atoms with Gasteiger partial charge < -0.3 is 4.74 Å². The smallest absolute Gasteiger partial charge is 0.235 e. The van der Waals surface area contributed by atoms with Gasteiger partial charge >= 0.3 is 0 Å². The van der Waals surface area contributed by atoms with Gasteiger partial charge in [-0.1, -0.05) is 0 Å². The maximum Gasteiger partial charge on any atom is 0.235 e. The van der Waals surface area contributed by atoms with Crippen LogP contribution in [0.4, 0.5) is 4.39 Å². The number of aryl methyl sites for hydroxylation is 1. The highest BCUT2D eigenvalue weighted by Gasteiger charge is 2.47. The maximum atomic E-state index is 13.6. The highest BCUT2D eigenvalue weighted by molar-refractivity contribution is 5.49. The van der Waals surface area contributed by atoms with Gasteiger partial charge in [-0.15, -0.1) is 0 Å². The van der Waals surface area contributed by atoms with Crippen molar-refractivity contribution in [3.63, 3.8) is 0 Å². The molecule has 0 aromatic heterocycles. The number of aliphatic imine (C=N–C) groups is 1. The molecule has 4 heteroatoms. The molecule has 1 aliphatic carbocycles. The van der Waals surface area contributed by atoms with E-state index in [0.717, 1.165) is 18.4 Å². The van der Waals surface area contributed by atoms with E-state index in [1.165, 1.54) is 13.2 Å². The van der Waals surface area contributed by atoms with Crippen LogP contribution in [0, 0.1) is 12.7 Å². The third-order valence-corrected chi connectivity index (χ3v) is 2.88. The molecule has 2 rings (SSSR count). The second kappa shape index (κ2) is 3.72. The second-order valence-corrected chi connectivity index (χ2v) is 4.06. The number of methoxy groups -OCH3 is 1. The van der Waals surface area contributed by atoms with Crippen molar-refractivity contribution in [2.24, 2.45) is 4.99 Å². The van der Waals surface area contributed by atoms with Crippen LogP contribution in [0.15, 0.2) is 17.1 Å². The third-order valence-electron chi connectivity index (χ3n) is 2.88. The number of hydrogen-bond donors (Lipinski definition) is 0. The van der Waals surface area contributed by atoms with Gasteiger partial charge in [-0.3, -0.25) is 0 Å². The van der Waals surface area contributed by atoms with Gasteiger partial charge in [0.05, 0.1) is 7.11 Å². The Morgan fingerprint density at radius 1 is 1.50 bits per heavy atom. The zero-order valence-electron chi connectivity index (χ0n) is 9.21. The van der Waals surface area contributed by atoms with E-state index in [9.17, 15) is 9.18 Å². The van der Waals surface area contributed by atoms with Crippen LogP contribution < -0.4 is 4.74 Å². The molecule has 1 saturated carbocycles. The Morgan fingerprint density at radius 2 is 2.19 bits per heavy atom. The molecule has 0 spiro atoms. The molecule has 0 saturated heterocycles. The summed E-state index contributed by atoms with van der Waals surface area (Å²) in [6.45, 7) is 1.80. The van der Waals surface area contributed by atoms with Gasteiger partial charge in [0.25, 0.3) is 0 Å². The quantitative estimate of drug-likeness (QED) is 0.581. The van der Waals surface area contributed by atoms with Gasteiger partial charge in [0.15, 0.2) is 11.6 Å². The fraction of sp³-hybridized carbons (Fsp3) is 0.417. The molecule has 1 fully saturated rings. The topological polar surface area (TPSA) is 38.7 Å². The summed E-state index contributed by atoms with van der Waals surface area (Å²) in [6, 6.07) is 3.22. The first-order valence-corrected chi connectivity index (χ1v) is 5.06. The number of isocyanates is 1. The predicted octanol–water partition coefficient (Wildman–Crippen LogP) is 2.47. The van der Waals surface area contributed by atoms with Crippen LogP contribution in [-0.2, 0) is 10.3 Å². The van der Waals surface area contributed by atoms with Crippen molar-refractivity contribution in [3.8, 4) is 5.75 Å². The van der Waals surface area contributed by atoms with E-state index >= 15 is 0 Å². The second-order valence-electron chi connectivity index (χ2n) is 4.06. The minimum absolute atomic E-state index is 0.183. The first-order valence-electron chi connectivity index (χ1n) is 5.06. The lowest BCUT2D eigenvalue weighted by molar-refractivity contribution is 0.376. The maximum absolute atomic E-state index is 13.6. The molecule has 0 heterocycles. The molecule has 84 valence electrons. The first kappa shape index (κ1) is 10.8. The number of nitrogens with zero attached hydrogens (tertiary/aromatic N) is 1. The highest BCUT2D eigenvalue weighted by Crippen LogP contribution is 2.52. The van der Waals surface area contributed by atoms with E-state index in [2.05, 4.69) is 4.99 Å². The van der Waals surface area contributed by atoms with Crippen LogP contribution in [0.25, 0.3) is 0 Å². The van der Waals surface area contributed by atoms with Crippen molar-refractivity contribution in [2.75, 3.05) is 7.11 Å². The number of benzene rings is 1. The fourth-order valence-corrected chi connectivity index (χ4v) is 1.93. The minimum atomic E-state index is -0.597. The lowest BCUT2D eigenvalue weighted by atomic mass is 10.0. The molecule has 0 bridgehead atoms. The average molecular weight is 221 g/mol. The molecule has 0 radical (unpaired) electrons. The van der Waals surface area contributed by atoms with E-state index in [1.807, 2.05) is 6.07 Å². The van der Waals surface area contributed by atoms with Crippen LogP contribution in [0.3, 0.4) is 0 Å². The lowest BCUT2D eigenvalue weighted by Gasteiger charge is -2.15. The molecule has 1 aromatic rings. The molecule has 1 aromatic carbocycles. The third kappa shape index (κ3) is 1.61. The predicted molar refractivity (Wildman–Crippen MR) is 56.7 cm³/mol. The standard InChI is InChI=1S/C12H12FNO2/c1-8-5-9(11(16-2)10(13)6-8)12(3-4-12)14-7-15/h5-6H,3-4H2,1-2H3. The summed E-state index contributed by atoms with van der Waals surface area (Å²) < 4.78 is 18.7. The van der Waals surface area contributed by atoms with E-state index in [4.69, 9.17) is 4.74 Å². The van der Waals surface area contributed by atoms with Crippen LogP contribution in [0.2, 0.25) is 0 Å². The summed E-state index contributed by atoms with van der Waals surface area (Å²) in [5.74, 6) is -0.230. The Hall–Kier alpha value is -1.67. The minimum Gasteiger partial charge on any atom is -0.493 e. The zero-order chi connectivity index (χ0) is 11.8. The zero-order valence-corrected chi connectivity index (χ0v) is 9.21. The number of hydrogen-bond acceptors (Lipinski definition) is 3. The van der Waals surface area contributed by atoms with Gasteiger partial charge in [-0.25, -0.2) is 9.18 Å². The van der Waals surface area contributed by atoms with Gasteiger partial charge in [-0.05, 0) is 37.5 Å². The number of carbonyl (C=O) groups excluding carboxylic acids is 1. The van der Waals surface area contributed by atoms with Crippen LogP contribution in [0.1, 0.15) is 24.0 Å². The molecule has 0 N–H and O–H groups in total. The van der Waals surface area contributed by atoms with Gasteiger partial charge in [0.2, 0.25) is 6.08 Å². The Bertz CT molecular complexity index is 474. The number of rotatable bonds is 3. The van der Waals surface area contributed by atoms with E-state index in [1.54, 1.807) is 13.0 Å². The van der Waals surface area contributed by atoms with Crippen molar-refractivity contribution in [3.05, 3.63) is 29.1 Å². The Balaban J connectivity index is 2.59. The molecule has 0 atom stereocenters. The molecular weight excluding hydrogens is 209 g/mol. The SMILES string of the molecule is COc1c(F)cc(C)cc1C1(N=C=O)CC1. The Morgan fingerprint density at radius 3 is 2.69 bits per heavy atom. The lowest BCUT2D eigenvalue weighted by Crippen LogP contribution is -2.07. The van der Waals surface area contributed by atoms with E-state index in [-0.39, 0.29) is 5.75 Å². The number of halogens is 1. The van der Waals surface area contributed by atoms with E-state index in [0.29, 0.717) is 5.56 Å². The number of ether oxygens (including phenoxy) is 1. The van der Waals surface area contributed by atoms with Crippen LogP contribution in [-0.4, -0.2) is 13.2 Å². The monoisotopic (exact) mass is 221 g/mol. The summed E-state index contributed by atoms with van der Waals surface area (Å²) in [6.07, 6.45) is 3.03. The average Bonchev–Trinajstić information content (AvgIpc) is 2.98. The summed E-state index contributed by atoms with van der Waals surface area (Å²) in [5, 5.41) is 0. The molecule has 0 unspecified atom stereocenters. The van der Waals surface area contributed by atoms with Crippen molar-refractivity contribution in [2.45, 2.75) is 25.3 Å². The molecule has 16 heavy (non-hydrogen) atoms. The van der Waals surface area contributed by atoms with Crippen LogP contribution >= 0.6 is 0 Å². The normalized spacial score (nSPS) is 16.4. The summed E-state index contributed by atoms with van der Waals surface area (Å²) in [4.78, 5) is 14.2. The molecule has 0 amide bonds. The molecule has 0 aliphatic heterocycles. The molecule has 1 aliphatic rings. The van der Waals surface area contributed by atoms with Crippen LogP contribution in [0.5, 0.6) is 5.75 Å². The van der Waals surface area contributed by atoms with E-state index < -0.39 is 11.4 Å². The van der Waals surface area contributed by atoms with Crippen molar-refractivity contribution in [1.29, 1.82) is 0 Å². The first-order chi connectivity index (χ1) is 7.63. The van der Waals surface area contributed by atoms with Gasteiger partial charge in [-0.2, -0.15) is 4.99 Å². The molecular formula is C12H12FNO2.